The third kappa shape index (κ3) is 4.85. The standard InChI is InChI=1S/C26H27FN6O7S/c1-14-20-21(36)32(26(2)7-6-19(35)30-24(26)37)25(38)31(23(20)41-22(14)33-28-8-9-29-33)13-18(40-11-10-34)16-12-15(27)4-5-17(16)39-3/h4-5,8-9,12,18,34H,6-7,10-11,13H2,1-3H3,(H,30,35,37)/t18-,26+/m0/s1. The molecule has 216 valence electrons. The lowest BCUT2D eigenvalue weighted by molar-refractivity contribution is -0.140. The van der Waals surface area contributed by atoms with E-state index in [1.165, 1.54) is 54.0 Å². The first-order valence-electron chi connectivity index (χ1n) is 12.7. The Morgan fingerprint density at radius 1 is 1.22 bits per heavy atom. The molecule has 1 aliphatic heterocycles. The van der Waals surface area contributed by atoms with E-state index in [4.69, 9.17) is 9.47 Å². The fourth-order valence-corrected chi connectivity index (χ4v) is 6.23. The lowest BCUT2D eigenvalue weighted by atomic mass is 9.90. The van der Waals surface area contributed by atoms with E-state index in [9.17, 15) is 28.7 Å². The summed E-state index contributed by atoms with van der Waals surface area (Å²) in [4.78, 5) is 54.8. The van der Waals surface area contributed by atoms with Crippen molar-refractivity contribution in [3.8, 4) is 10.8 Å². The zero-order valence-electron chi connectivity index (χ0n) is 22.4. The fraction of sp³-hybridized carbons (Fsp3) is 0.385. The Labute approximate surface area is 235 Å². The monoisotopic (exact) mass is 586 g/mol. The Balaban J connectivity index is 1.80. The second kappa shape index (κ2) is 11.0. The molecule has 1 aromatic carbocycles. The van der Waals surface area contributed by atoms with E-state index >= 15 is 0 Å². The number of nitrogens with zero attached hydrogens (tertiary/aromatic N) is 5. The van der Waals surface area contributed by atoms with Crippen molar-refractivity contribution in [3.05, 3.63) is 68.4 Å². The Bertz CT molecular complexity index is 1760. The third-order valence-electron chi connectivity index (χ3n) is 7.16. The van der Waals surface area contributed by atoms with Crippen molar-refractivity contribution < 1.29 is 28.6 Å². The van der Waals surface area contributed by atoms with Gasteiger partial charge in [0, 0.05) is 17.5 Å². The van der Waals surface area contributed by atoms with E-state index in [1.807, 2.05) is 0 Å². The number of aromatic nitrogens is 5. The lowest BCUT2D eigenvalue weighted by Crippen LogP contribution is -2.60. The summed E-state index contributed by atoms with van der Waals surface area (Å²) in [5.41, 5.74) is -2.47. The van der Waals surface area contributed by atoms with Crippen LogP contribution in [0.15, 0.2) is 40.2 Å². The summed E-state index contributed by atoms with van der Waals surface area (Å²) in [6.45, 7) is 2.38. The normalized spacial score (nSPS) is 18.1. The molecule has 1 saturated heterocycles. The van der Waals surface area contributed by atoms with Crippen LogP contribution in [0.3, 0.4) is 0 Å². The predicted molar refractivity (Wildman–Crippen MR) is 145 cm³/mol. The molecule has 2 amide bonds. The average molecular weight is 587 g/mol. The number of aliphatic hydroxyl groups is 1. The van der Waals surface area contributed by atoms with Gasteiger partial charge in [0.15, 0.2) is 0 Å². The maximum Gasteiger partial charge on any atom is 0.333 e. The molecular weight excluding hydrogens is 559 g/mol. The molecule has 4 heterocycles. The zero-order valence-corrected chi connectivity index (χ0v) is 23.2. The Hall–Kier alpha value is -4.21. The summed E-state index contributed by atoms with van der Waals surface area (Å²) >= 11 is 1.09. The minimum absolute atomic E-state index is 0.0695. The maximum absolute atomic E-state index is 14.4. The highest BCUT2D eigenvalue weighted by molar-refractivity contribution is 7.21. The summed E-state index contributed by atoms with van der Waals surface area (Å²) in [7, 11) is 1.40. The molecule has 0 saturated carbocycles. The van der Waals surface area contributed by atoms with Crippen LogP contribution in [0.4, 0.5) is 4.39 Å². The second-order valence-electron chi connectivity index (χ2n) is 9.69. The van der Waals surface area contributed by atoms with E-state index in [-0.39, 0.29) is 54.1 Å². The number of hydrogen-bond donors (Lipinski definition) is 2. The van der Waals surface area contributed by atoms with Crippen LogP contribution in [0.25, 0.3) is 15.2 Å². The number of aliphatic hydroxyl groups excluding tert-OH is 1. The summed E-state index contributed by atoms with van der Waals surface area (Å²) < 4.78 is 27.8. The molecule has 3 aromatic heterocycles. The van der Waals surface area contributed by atoms with Gasteiger partial charge in [-0.2, -0.15) is 10.2 Å². The van der Waals surface area contributed by atoms with Crippen molar-refractivity contribution in [2.45, 2.75) is 44.9 Å². The van der Waals surface area contributed by atoms with Crippen LogP contribution in [0.1, 0.15) is 37.0 Å². The van der Waals surface area contributed by atoms with Crippen molar-refractivity contribution in [3.63, 3.8) is 0 Å². The van der Waals surface area contributed by atoms with Crippen LogP contribution in [-0.4, -0.2) is 61.4 Å². The number of nitrogens with one attached hydrogen (secondary N) is 1. The highest BCUT2D eigenvalue weighted by Crippen LogP contribution is 2.35. The number of hydrogen-bond acceptors (Lipinski definition) is 10. The van der Waals surface area contributed by atoms with Gasteiger partial charge in [-0.3, -0.25) is 24.3 Å². The van der Waals surface area contributed by atoms with Gasteiger partial charge < -0.3 is 14.6 Å². The number of imide groups is 1. The molecular formula is C26H27FN6O7S. The lowest BCUT2D eigenvalue weighted by Gasteiger charge is -2.33. The van der Waals surface area contributed by atoms with Crippen LogP contribution < -0.4 is 21.3 Å². The Morgan fingerprint density at radius 3 is 2.61 bits per heavy atom. The van der Waals surface area contributed by atoms with Gasteiger partial charge in [-0.05, 0) is 38.5 Å². The van der Waals surface area contributed by atoms with Crippen molar-refractivity contribution in [2.75, 3.05) is 20.3 Å². The largest absolute Gasteiger partial charge is 0.496 e. The second-order valence-corrected chi connectivity index (χ2v) is 10.7. The molecule has 0 bridgehead atoms. The van der Waals surface area contributed by atoms with Crippen LogP contribution in [0.5, 0.6) is 5.75 Å². The molecule has 0 radical (unpaired) electrons. The molecule has 2 N–H and O–H groups in total. The van der Waals surface area contributed by atoms with Crippen molar-refractivity contribution in [1.82, 2.24) is 29.4 Å². The van der Waals surface area contributed by atoms with Gasteiger partial charge in [0.05, 0.1) is 44.6 Å². The van der Waals surface area contributed by atoms with Crippen LogP contribution in [0, 0.1) is 12.7 Å². The number of methoxy groups -OCH3 is 1. The topological polar surface area (TPSA) is 160 Å². The first kappa shape index (κ1) is 28.3. The SMILES string of the molecule is COc1ccc(F)cc1[C@H](Cn1c(=O)n([C@]2(C)CCC(=O)NC2=O)c(=O)c2c(C)c(-n3nccn3)sc21)OCCO. The Morgan fingerprint density at radius 2 is 1.95 bits per heavy atom. The average Bonchev–Trinajstić information content (AvgIpc) is 3.59. The van der Waals surface area contributed by atoms with E-state index in [2.05, 4.69) is 15.5 Å². The predicted octanol–water partition coefficient (Wildman–Crippen LogP) is 1.16. The summed E-state index contributed by atoms with van der Waals surface area (Å²) in [5.74, 6) is -1.57. The van der Waals surface area contributed by atoms with E-state index in [0.717, 1.165) is 15.9 Å². The first-order chi connectivity index (χ1) is 19.6. The fourth-order valence-electron chi connectivity index (χ4n) is 5.01. The van der Waals surface area contributed by atoms with E-state index in [1.54, 1.807) is 6.92 Å². The summed E-state index contributed by atoms with van der Waals surface area (Å²) in [6, 6.07) is 3.84. The molecule has 0 unspecified atom stereocenters. The number of rotatable bonds is 9. The van der Waals surface area contributed by atoms with Gasteiger partial charge in [-0.1, -0.05) is 11.3 Å². The number of halogens is 1. The molecule has 15 heteroatoms. The number of carbonyl (C=O) groups excluding carboxylic acids is 2. The van der Waals surface area contributed by atoms with Crippen LogP contribution in [0.2, 0.25) is 0 Å². The molecule has 13 nitrogen and oxygen atoms in total. The number of amides is 2. The maximum atomic E-state index is 14.4. The molecule has 0 aliphatic carbocycles. The number of fused-ring (bicyclic) bond motifs is 1. The van der Waals surface area contributed by atoms with Crippen LogP contribution in [-0.2, 0) is 26.4 Å². The number of piperidine rings is 1. The number of benzene rings is 1. The molecule has 5 rings (SSSR count). The summed E-state index contributed by atoms with van der Waals surface area (Å²) in [5, 5.41) is 20.7. The van der Waals surface area contributed by atoms with Crippen molar-refractivity contribution in [2.24, 2.45) is 0 Å². The van der Waals surface area contributed by atoms with E-state index < -0.39 is 40.5 Å². The summed E-state index contributed by atoms with van der Waals surface area (Å²) in [6.07, 6.45) is 1.78. The number of aryl methyl sites for hydroxylation is 1. The molecule has 1 aliphatic rings. The molecule has 41 heavy (non-hydrogen) atoms. The number of thiophene rings is 1. The number of carbonyl (C=O) groups is 2. The first-order valence-corrected chi connectivity index (χ1v) is 13.5. The zero-order chi connectivity index (χ0) is 29.5. The van der Waals surface area contributed by atoms with Crippen molar-refractivity contribution >= 4 is 33.4 Å². The number of ether oxygens (including phenoxy) is 2. The smallest absolute Gasteiger partial charge is 0.333 e. The van der Waals surface area contributed by atoms with Gasteiger partial charge >= 0.3 is 5.69 Å². The van der Waals surface area contributed by atoms with Gasteiger partial charge in [-0.15, -0.1) is 4.80 Å². The van der Waals surface area contributed by atoms with Gasteiger partial charge in [0.25, 0.3) is 11.5 Å². The minimum Gasteiger partial charge on any atom is -0.496 e. The highest BCUT2D eigenvalue weighted by Gasteiger charge is 2.43. The van der Waals surface area contributed by atoms with Gasteiger partial charge in [-0.25, -0.2) is 13.8 Å². The third-order valence-corrected chi connectivity index (χ3v) is 8.44. The van der Waals surface area contributed by atoms with Gasteiger partial charge in [0.2, 0.25) is 5.91 Å². The molecule has 0 spiro atoms. The quantitative estimate of drug-likeness (QED) is 0.275. The highest BCUT2D eigenvalue weighted by atomic mass is 32.1. The molecule has 2 atom stereocenters. The molecule has 4 aromatic rings. The van der Waals surface area contributed by atoms with Crippen molar-refractivity contribution in [1.29, 1.82) is 0 Å². The minimum atomic E-state index is -1.67. The molecule has 1 fully saturated rings. The van der Waals surface area contributed by atoms with Crippen LogP contribution >= 0.6 is 11.3 Å². The van der Waals surface area contributed by atoms with E-state index in [0.29, 0.717) is 10.6 Å². The van der Waals surface area contributed by atoms with Gasteiger partial charge in [0.1, 0.15) is 33.0 Å². The Kier molecular flexibility index (Phi) is 7.59.